The third kappa shape index (κ3) is 6.16. The topological polar surface area (TPSA) is 15.3 Å². The fourth-order valence-corrected chi connectivity index (χ4v) is 2.48. The van der Waals surface area contributed by atoms with Gasteiger partial charge >= 0.3 is 0 Å². The van der Waals surface area contributed by atoms with Crippen molar-refractivity contribution >= 4 is 0 Å². The number of hydrogen-bond acceptors (Lipinski definition) is 2. The molecule has 1 heterocycles. The summed E-state index contributed by atoms with van der Waals surface area (Å²) in [5.74, 6) is 0.933. The zero-order valence-electron chi connectivity index (χ0n) is 10.6. The van der Waals surface area contributed by atoms with E-state index in [0.717, 1.165) is 5.92 Å². The third-order valence-electron chi connectivity index (χ3n) is 3.39. The zero-order chi connectivity index (χ0) is 10.9. The van der Waals surface area contributed by atoms with Gasteiger partial charge in [-0.3, -0.25) is 0 Å². The van der Waals surface area contributed by atoms with E-state index in [0.29, 0.717) is 0 Å². The van der Waals surface area contributed by atoms with Crippen LogP contribution >= 0.6 is 0 Å². The minimum absolute atomic E-state index is 0.933. The van der Waals surface area contributed by atoms with Crippen LogP contribution in [0.2, 0.25) is 0 Å². The number of likely N-dealkylation sites (tertiary alicyclic amines) is 1. The number of nitrogens with zero attached hydrogens (tertiary/aromatic N) is 1. The molecule has 1 unspecified atom stereocenters. The second kappa shape index (κ2) is 8.12. The maximum Gasteiger partial charge on any atom is 0.000703 e. The summed E-state index contributed by atoms with van der Waals surface area (Å²) in [7, 11) is 2.04. The van der Waals surface area contributed by atoms with Crippen LogP contribution < -0.4 is 5.32 Å². The summed E-state index contributed by atoms with van der Waals surface area (Å²) in [5.41, 5.74) is 0. The average Bonchev–Trinajstić information content (AvgIpc) is 2.23. The van der Waals surface area contributed by atoms with Gasteiger partial charge in [0.2, 0.25) is 0 Å². The van der Waals surface area contributed by atoms with Crippen molar-refractivity contribution in [3.05, 3.63) is 0 Å². The maximum absolute atomic E-state index is 3.20. The third-order valence-corrected chi connectivity index (χ3v) is 3.39. The van der Waals surface area contributed by atoms with Gasteiger partial charge in [-0.1, -0.05) is 19.8 Å². The molecule has 0 aromatic heterocycles. The Labute approximate surface area is 95.4 Å². The predicted molar refractivity (Wildman–Crippen MR) is 67.2 cm³/mol. The fraction of sp³-hybridized carbons (Fsp3) is 1.00. The Morgan fingerprint density at radius 2 is 2.00 bits per heavy atom. The Hall–Kier alpha value is -0.0800. The van der Waals surface area contributed by atoms with E-state index in [1.54, 1.807) is 0 Å². The highest BCUT2D eigenvalue weighted by atomic mass is 15.1. The van der Waals surface area contributed by atoms with Gasteiger partial charge in [0, 0.05) is 6.54 Å². The van der Waals surface area contributed by atoms with Gasteiger partial charge in [-0.25, -0.2) is 0 Å². The van der Waals surface area contributed by atoms with Crippen LogP contribution in [0.5, 0.6) is 0 Å². The second-order valence-corrected chi connectivity index (χ2v) is 5.07. The van der Waals surface area contributed by atoms with Crippen molar-refractivity contribution in [3.8, 4) is 0 Å². The molecule has 2 nitrogen and oxygen atoms in total. The minimum Gasteiger partial charge on any atom is -0.320 e. The van der Waals surface area contributed by atoms with Crippen LogP contribution in [0.1, 0.15) is 45.4 Å². The molecule has 0 aromatic rings. The number of hydrogen-bond donors (Lipinski definition) is 1. The SMILES string of the molecule is CNCCCCCCN1CCCC(C)C1. The molecule has 0 radical (unpaired) electrons. The molecular formula is C13H28N2. The van der Waals surface area contributed by atoms with E-state index in [2.05, 4.69) is 17.1 Å². The first-order chi connectivity index (χ1) is 7.33. The molecule has 0 aromatic carbocycles. The Bertz CT molecular complexity index is 147. The van der Waals surface area contributed by atoms with Gasteiger partial charge in [-0.15, -0.1) is 0 Å². The van der Waals surface area contributed by atoms with Crippen molar-refractivity contribution in [1.82, 2.24) is 10.2 Å². The van der Waals surface area contributed by atoms with E-state index >= 15 is 0 Å². The van der Waals surface area contributed by atoms with E-state index < -0.39 is 0 Å². The minimum atomic E-state index is 0.933. The summed E-state index contributed by atoms with van der Waals surface area (Å²) in [6.45, 7) is 7.60. The Balaban J connectivity index is 1.90. The Morgan fingerprint density at radius 1 is 1.20 bits per heavy atom. The second-order valence-electron chi connectivity index (χ2n) is 5.07. The van der Waals surface area contributed by atoms with Crippen LogP contribution in [0, 0.1) is 5.92 Å². The molecule has 1 saturated heterocycles. The van der Waals surface area contributed by atoms with Gasteiger partial charge in [0.1, 0.15) is 0 Å². The highest BCUT2D eigenvalue weighted by Gasteiger charge is 2.14. The van der Waals surface area contributed by atoms with Crippen LogP contribution in [0.3, 0.4) is 0 Å². The lowest BCUT2D eigenvalue weighted by Crippen LogP contribution is -2.34. The molecule has 0 amide bonds. The molecule has 1 atom stereocenters. The summed E-state index contributed by atoms with van der Waals surface area (Å²) in [5, 5.41) is 3.20. The van der Waals surface area contributed by atoms with E-state index in [4.69, 9.17) is 0 Å². The van der Waals surface area contributed by atoms with Crippen LogP contribution in [0.15, 0.2) is 0 Å². The number of nitrogens with one attached hydrogen (secondary N) is 1. The maximum atomic E-state index is 3.20. The lowest BCUT2D eigenvalue weighted by Gasteiger charge is -2.30. The summed E-state index contributed by atoms with van der Waals surface area (Å²) in [6.07, 6.45) is 8.40. The van der Waals surface area contributed by atoms with E-state index in [1.165, 1.54) is 64.7 Å². The number of rotatable bonds is 7. The van der Waals surface area contributed by atoms with Crippen molar-refractivity contribution in [1.29, 1.82) is 0 Å². The van der Waals surface area contributed by atoms with Gasteiger partial charge in [-0.05, 0) is 58.3 Å². The monoisotopic (exact) mass is 212 g/mol. The van der Waals surface area contributed by atoms with Crippen molar-refractivity contribution in [2.75, 3.05) is 33.2 Å². The summed E-state index contributed by atoms with van der Waals surface area (Å²) >= 11 is 0. The molecule has 15 heavy (non-hydrogen) atoms. The molecule has 0 aliphatic carbocycles. The van der Waals surface area contributed by atoms with Crippen molar-refractivity contribution in [2.24, 2.45) is 5.92 Å². The molecule has 1 aliphatic heterocycles. The Kier molecular flexibility index (Phi) is 7.03. The first-order valence-electron chi connectivity index (χ1n) is 6.70. The molecule has 2 heteroatoms. The van der Waals surface area contributed by atoms with Crippen molar-refractivity contribution in [3.63, 3.8) is 0 Å². The van der Waals surface area contributed by atoms with E-state index in [9.17, 15) is 0 Å². The zero-order valence-corrected chi connectivity index (χ0v) is 10.6. The average molecular weight is 212 g/mol. The van der Waals surface area contributed by atoms with E-state index in [1.807, 2.05) is 7.05 Å². The summed E-state index contributed by atoms with van der Waals surface area (Å²) in [4.78, 5) is 2.66. The molecular weight excluding hydrogens is 184 g/mol. The highest BCUT2D eigenvalue weighted by Crippen LogP contribution is 2.15. The molecule has 0 saturated carbocycles. The lowest BCUT2D eigenvalue weighted by atomic mass is 10.00. The van der Waals surface area contributed by atoms with Gasteiger partial charge in [0.15, 0.2) is 0 Å². The van der Waals surface area contributed by atoms with Gasteiger partial charge in [0.25, 0.3) is 0 Å². The normalized spacial score (nSPS) is 23.2. The summed E-state index contributed by atoms with van der Waals surface area (Å²) in [6, 6.07) is 0. The van der Waals surface area contributed by atoms with Crippen LogP contribution in [0.4, 0.5) is 0 Å². The first-order valence-corrected chi connectivity index (χ1v) is 6.70. The lowest BCUT2D eigenvalue weighted by molar-refractivity contribution is 0.180. The standard InChI is InChI=1S/C13H28N2/c1-13-8-7-11-15(12-13)10-6-4-3-5-9-14-2/h13-14H,3-12H2,1-2H3. The quantitative estimate of drug-likeness (QED) is 0.652. The number of unbranched alkanes of at least 4 members (excludes halogenated alkanes) is 3. The largest absolute Gasteiger partial charge is 0.320 e. The smallest absolute Gasteiger partial charge is 0.000703 e. The van der Waals surface area contributed by atoms with Crippen molar-refractivity contribution in [2.45, 2.75) is 45.4 Å². The van der Waals surface area contributed by atoms with Crippen LogP contribution in [-0.2, 0) is 0 Å². The van der Waals surface area contributed by atoms with Crippen molar-refractivity contribution < 1.29 is 0 Å². The first kappa shape index (κ1) is 13.0. The predicted octanol–water partition coefficient (Wildman–Crippen LogP) is 2.50. The molecule has 1 N–H and O–H groups in total. The van der Waals surface area contributed by atoms with E-state index in [-0.39, 0.29) is 0 Å². The molecule has 1 rings (SSSR count). The summed E-state index contributed by atoms with van der Waals surface area (Å²) < 4.78 is 0. The van der Waals surface area contributed by atoms with Crippen LogP contribution in [-0.4, -0.2) is 38.1 Å². The molecule has 0 bridgehead atoms. The Morgan fingerprint density at radius 3 is 2.73 bits per heavy atom. The highest BCUT2D eigenvalue weighted by molar-refractivity contribution is 4.69. The van der Waals surface area contributed by atoms with Crippen LogP contribution in [0.25, 0.3) is 0 Å². The van der Waals surface area contributed by atoms with Gasteiger partial charge in [-0.2, -0.15) is 0 Å². The van der Waals surface area contributed by atoms with Gasteiger partial charge in [0.05, 0.1) is 0 Å². The number of piperidine rings is 1. The molecule has 1 aliphatic rings. The van der Waals surface area contributed by atoms with Gasteiger partial charge < -0.3 is 10.2 Å². The molecule has 0 spiro atoms. The fourth-order valence-electron chi connectivity index (χ4n) is 2.48. The molecule has 1 fully saturated rings. The molecule has 90 valence electrons.